The molecule has 0 spiro atoms. The maximum Gasteiger partial charge on any atom is 0.261 e. The minimum Gasteiger partial charge on any atom is -0.354 e. The van der Waals surface area contributed by atoms with Crippen molar-refractivity contribution >= 4 is 39.0 Å². The molecule has 1 N–H and O–H groups in total. The predicted octanol–water partition coefficient (Wildman–Crippen LogP) is 1.29. The molecule has 0 saturated carbocycles. The third kappa shape index (κ3) is 4.14. The standard InChI is InChI=1S/C20H23N5O4S/c1-23-10-12-24(13-11-23)18-7-2-15(14-21-18)22-30(28,29)17-5-3-16(4-6-17)25-19(26)8-9-20(25)27/h2-7,14,22H,8-13H2,1H3. The van der Waals surface area contributed by atoms with E-state index in [0.29, 0.717) is 11.4 Å². The molecule has 10 heteroatoms. The van der Waals surface area contributed by atoms with Crippen LogP contribution >= 0.6 is 0 Å². The van der Waals surface area contributed by atoms with Crippen LogP contribution in [0.25, 0.3) is 0 Å². The van der Waals surface area contributed by atoms with Crippen LogP contribution in [0.2, 0.25) is 0 Å². The highest BCUT2D eigenvalue weighted by molar-refractivity contribution is 7.92. The average Bonchev–Trinajstić information content (AvgIpc) is 3.07. The lowest BCUT2D eigenvalue weighted by Crippen LogP contribution is -2.44. The van der Waals surface area contributed by atoms with Crippen molar-refractivity contribution in [2.24, 2.45) is 0 Å². The monoisotopic (exact) mass is 429 g/mol. The Balaban J connectivity index is 1.45. The van der Waals surface area contributed by atoms with Crippen molar-refractivity contribution in [3.8, 4) is 0 Å². The minimum absolute atomic E-state index is 0.0356. The van der Waals surface area contributed by atoms with E-state index in [9.17, 15) is 18.0 Å². The van der Waals surface area contributed by atoms with Crippen LogP contribution in [0.15, 0.2) is 47.5 Å². The second-order valence-electron chi connectivity index (χ2n) is 7.42. The molecule has 0 radical (unpaired) electrons. The van der Waals surface area contributed by atoms with Gasteiger partial charge in [0.15, 0.2) is 0 Å². The van der Waals surface area contributed by atoms with E-state index < -0.39 is 10.0 Å². The molecule has 158 valence electrons. The number of pyridine rings is 1. The zero-order valence-electron chi connectivity index (χ0n) is 16.6. The van der Waals surface area contributed by atoms with Gasteiger partial charge in [0, 0.05) is 39.0 Å². The number of carbonyl (C=O) groups excluding carboxylic acids is 2. The van der Waals surface area contributed by atoms with Crippen LogP contribution in [0.3, 0.4) is 0 Å². The fourth-order valence-corrected chi connectivity index (χ4v) is 4.57. The molecule has 2 saturated heterocycles. The Bertz CT molecular complexity index is 1030. The third-order valence-corrected chi connectivity index (χ3v) is 6.68. The zero-order chi connectivity index (χ0) is 21.3. The number of nitrogens with zero attached hydrogens (tertiary/aromatic N) is 4. The Morgan fingerprint density at radius 2 is 1.53 bits per heavy atom. The number of benzene rings is 1. The molecule has 4 rings (SSSR count). The third-order valence-electron chi connectivity index (χ3n) is 5.28. The summed E-state index contributed by atoms with van der Waals surface area (Å²) in [4.78, 5) is 33.6. The van der Waals surface area contributed by atoms with Crippen LogP contribution in [-0.4, -0.2) is 63.3 Å². The smallest absolute Gasteiger partial charge is 0.261 e. The van der Waals surface area contributed by atoms with Crippen molar-refractivity contribution < 1.29 is 18.0 Å². The number of nitrogens with one attached hydrogen (secondary N) is 1. The quantitative estimate of drug-likeness (QED) is 0.715. The van der Waals surface area contributed by atoms with Crippen molar-refractivity contribution in [3.05, 3.63) is 42.6 Å². The summed E-state index contributed by atoms with van der Waals surface area (Å²) in [6.45, 7) is 3.67. The van der Waals surface area contributed by atoms with E-state index in [1.807, 2.05) is 0 Å². The molecule has 1 aromatic carbocycles. The molecule has 0 bridgehead atoms. The lowest BCUT2D eigenvalue weighted by molar-refractivity contribution is -0.121. The Labute approximate surface area is 175 Å². The number of hydrogen-bond donors (Lipinski definition) is 1. The number of likely N-dealkylation sites (N-methyl/N-ethyl adjacent to an activating group) is 1. The van der Waals surface area contributed by atoms with Crippen molar-refractivity contribution in [1.29, 1.82) is 0 Å². The van der Waals surface area contributed by atoms with Gasteiger partial charge in [-0.25, -0.2) is 13.4 Å². The van der Waals surface area contributed by atoms with E-state index in [1.54, 1.807) is 12.1 Å². The Morgan fingerprint density at radius 3 is 2.10 bits per heavy atom. The minimum atomic E-state index is -3.82. The molecule has 0 aliphatic carbocycles. The fraction of sp³-hybridized carbons (Fsp3) is 0.350. The normalized spacial score (nSPS) is 18.2. The SMILES string of the molecule is CN1CCN(c2ccc(NS(=O)(=O)c3ccc(N4C(=O)CCC4=O)cc3)cn2)CC1. The summed E-state index contributed by atoms with van der Waals surface area (Å²) in [6.07, 6.45) is 1.86. The molecule has 2 fully saturated rings. The Hall–Kier alpha value is -2.98. The van der Waals surface area contributed by atoms with Gasteiger partial charge in [-0.05, 0) is 43.4 Å². The summed E-state index contributed by atoms with van der Waals surface area (Å²) in [7, 11) is -1.74. The molecule has 9 nitrogen and oxygen atoms in total. The van der Waals surface area contributed by atoms with Gasteiger partial charge in [-0.2, -0.15) is 0 Å². The van der Waals surface area contributed by atoms with Crippen LogP contribution in [-0.2, 0) is 19.6 Å². The summed E-state index contributed by atoms with van der Waals surface area (Å²) in [6, 6.07) is 9.17. The number of aromatic nitrogens is 1. The molecule has 2 aliphatic rings. The first-order valence-electron chi connectivity index (χ1n) is 9.72. The van der Waals surface area contributed by atoms with Crippen molar-refractivity contribution in [2.45, 2.75) is 17.7 Å². The number of hydrogen-bond acceptors (Lipinski definition) is 7. The fourth-order valence-electron chi connectivity index (χ4n) is 3.52. The second-order valence-corrected chi connectivity index (χ2v) is 9.10. The van der Waals surface area contributed by atoms with Crippen molar-refractivity contribution in [2.75, 3.05) is 47.7 Å². The van der Waals surface area contributed by atoms with Crippen LogP contribution in [0.4, 0.5) is 17.2 Å². The molecule has 0 unspecified atom stereocenters. The van der Waals surface area contributed by atoms with E-state index >= 15 is 0 Å². The topological polar surface area (TPSA) is 103 Å². The first-order valence-corrected chi connectivity index (χ1v) is 11.2. The molecule has 2 aliphatic heterocycles. The van der Waals surface area contributed by atoms with Gasteiger partial charge in [0.2, 0.25) is 11.8 Å². The maximum absolute atomic E-state index is 12.7. The van der Waals surface area contributed by atoms with Crippen molar-refractivity contribution in [3.63, 3.8) is 0 Å². The molecule has 2 aromatic rings. The summed E-state index contributed by atoms with van der Waals surface area (Å²) >= 11 is 0. The number of anilines is 3. The van der Waals surface area contributed by atoms with Gasteiger partial charge in [-0.1, -0.05) is 0 Å². The van der Waals surface area contributed by atoms with Crippen LogP contribution < -0.4 is 14.5 Å². The van der Waals surface area contributed by atoms with Gasteiger partial charge in [0.1, 0.15) is 5.82 Å². The number of imide groups is 1. The van der Waals surface area contributed by atoms with Gasteiger partial charge < -0.3 is 9.80 Å². The Morgan fingerprint density at radius 1 is 0.900 bits per heavy atom. The molecular weight excluding hydrogens is 406 g/mol. The van der Waals surface area contributed by atoms with E-state index in [1.165, 1.54) is 30.5 Å². The van der Waals surface area contributed by atoms with Gasteiger partial charge in [0.05, 0.1) is 22.5 Å². The number of piperazine rings is 1. The van der Waals surface area contributed by atoms with E-state index in [4.69, 9.17) is 0 Å². The van der Waals surface area contributed by atoms with E-state index in [-0.39, 0.29) is 29.6 Å². The number of rotatable bonds is 5. The summed E-state index contributed by atoms with van der Waals surface area (Å²) in [5.74, 6) is 0.260. The largest absolute Gasteiger partial charge is 0.354 e. The van der Waals surface area contributed by atoms with E-state index in [2.05, 4.69) is 26.6 Å². The van der Waals surface area contributed by atoms with Crippen LogP contribution in [0, 0.1) is 0 Å². The molecule has 3 heterocycles. The molecule has 30 heavy (non-hydrogen) atoms. The summed E-state index contributed by atoms with van der Waals surface area (Å²) in [5.41, 5.74) is 0.737. The Kier molecular flexibility index (Phi) is 5.44. The lowest BCUT2D eigenvalue weighted by atomic mass is 10.3. The highest BCUT2D eigenvalue weighted by Gasteiger charge is 2.30. The number of carbonyl (C=O) groups is 2. The lowest BCUT2D eigenvalue weighted by Gasteiger charge is -2.33. The molecule has 1 aromatic heterocycles. The van der Waals surface area contributed by atoms with E-state index in [0.717, 1.165) is 36.9 Å². The molecule has 0 atom stereocenters. The van der Waals surface area contributed by atoms with Gasteiger partial charge >= 0.3 is 0 Å². The maximum atomic E-state index is 12.7. The summed E-state index contributed by atoms with van der Waals surface area (Å²) < 4.78 is 27.9. The van der Waals surface area contributed by atoms with Gasteiger partial charge in [-0.3, -0.25) is 19.2 Å². The van der Waals surface area contributed by atoms with Crippen LogP contribution in [0.1, 0.15) is 12.8 Å². The number of sulfonamides is 1. The first-order chi connectivity index (χ1) is 14.3. The average molecular weight is 430 g/mol. The summed E-state index contributed by atoms with van der Waals surface area (Å²) in [5, 5.41) is 0. The van der Waals surface area contributed by atoms with Gasteiger partial charge in [0.25, 0.3) is 10.0 Å². The molecular formula is C20H23N5O4S. The van der Waals surface area contributed by atoms with Gasteiger partial charge in [-0.15, -0.1) is 0 Å². The highest BCUT2D eigenvalue weighted by atomic mass is 32.2. The zero-order valence-corrected chi connectivity index (χ0v) is 17.4. The first kappa shape index (κ1) is 20.3. The highest BCUT2D eigenvalue weighted by Crippen LogP contribution is 2.25. The molecule has 2 amide bonds. The van der Waals surface area contributed by atoms with Crippen molar-refractivity contribution in [1.82, 2.24) is 9.88 Å². The number of amides is 2. The predicted molar refractivity (Wildman–Crippen MR) is 113 cm³/mol. The van der Waals surface area contributed by atoms with Crippen LogP contribution in [0.5, 0.6) is 0 Å². The second kappa shape index (κ2) is 8.04.